The third-order valence-electron chi connectivity index (χ3n) is 20.2. The van der Waals surface area contributed by atoms with Crippen molar-refractivity contribution in [1.29, 1.82) is 0 Å². The van der Waals surface area contributed by atoms with Gasteiger partial charge in [-0.15, -0.1) is 0 Å². The van der Waals surface area contributed by atoms with Gasteiger partial charge in [-0.2, -0.15) is 0 Å². The van der Waals surface area contributed by atoms with Crippen molar-refractivity contribution in [2.24, 2.45) is 47.3 Å². The van der Waals surface area contributed by atoms with Crippen LogP contribution in [0.25, 0.3) is 0 Å². The number of hydrogen-bond acceptors (Lipinski definition) is 6. The van der Waals surface area contributed by atoms with Crippen molar-refractivity contribution in [3.05, 3.63) is 0 Å². The number of likely N-dealkylation sites (tertiary alicyclic amines) is 2. The smallest absolute Gasteiger partial charge is 0.115 e. The van der Waals surface area contributed by atoms with Crippen molar-refractivity contribution < 1.29 is 0 Å². The largest absolute Gasteiger partial charge is 0.286 e. The van der Waals surface area contributed by atoms with Gasteiger partial charge in [0.15, 0.2) is 0 Å². The molecule has 4 N–H and O–H groups in total. The molecule has 6 nitrogen and oxygen atoms in total. The number of rotatable bonds is 6. The van der Waals surface area contributed by atoms with Gasteiger partial charge in [0.2, 0.25) is 0 Å². The molecular weight excluding hydrogens is 685 g/mol. The number of fused-ring (bicyclic) bond motifs is 7. The van der Waals surface area contributed by atoms with E-state index >= 15 is 0 Å². The maximum atomic E-state index is 4.53. The molecule has 7 aliphatic carbocycles. The van der Waals surface area contributed by atoms with Gasteiger partial charge < -0.3 is 0 Å². The maximum absolute atomic E-state index is 4.53. The molecule has 0 spiro atoms. The Bertz CT molecular complexity index is 1120. The van der Waals surface area contributed by atoms with Crippen LogP contribution in [0.3, 0.4) is 0 Å². The quantitative estimate of drug-likeness (QED) is 0.216. The first-order valence-corrected chi connectivity index (χ1v) is 26.4. The predicted octanol–water partition coefficient (Wildman–Crippen LogP) is 10.0. The van der Waals surface area contributed by atoms with Gasteiger partial charge in [0.1, 0.15) is 12.6 Å². The number of nitrogens with one attached hydrogen (secondary N) is 4. The van der Waals surface area contributed by atoms with Gasteiger partial charge in [-0.05, 0) is 150 Å². The Labute approximate surface area is 343 Å². The molecule has 12 atom stereocenters. The molecule has 4 heterocycles. The second-order valence-corrected chi connectivity index (χ2v) is 22.8. The van der Waals surface area contributed by atoms with E-state index in [1.54, 1.807) is 0 Å². The van der Waals surface area contributed by atoms with Gasteiger partial charge in [-0.25, -0.2) is 0 Å². The molecular formula is C50H86N6. The molecule has 0 aromatic carbocycles. The molecule has 0 radical (unpaired) electrons. The summed E-state index contributed by atoms with van der Waals surface area (Å²) in [5.74, 6) is 7.31. The summed E-state index contributed by atoms with van der Waals surface area (Å²) >= 11 is 0. The maximum Gasteiger partial charge on any atom is 0.115 e. The first-order chi connectivity index (χ1) is 27.8. The molecule has 0 bridgehead atoms. The molecule has 11 aliphatic rings. The van der Waals surface area contributed by atoms with Crippen molar-refractivity contribution in [1.82, 2.24) is 31.1 Å². The van der Waals surface area contributed by atoms with Crippen LogP contribution in [0.15, 0.2) is 0 Å². The number of nitrogens with zero attached hydrogens (tertiary/aromatic N) is 2. The van der Waals surface area contributed by atoms with E-state index in [9.17, 15) is 0 Å². The lowest BCUT2D eigenvalue weighted by atomic mass is 9.62. The average molecular weight is 771 g/mol. The van der Waals surface area contributed by atoms with E-state index in [1.807, 2.05) is 0 Å². The van der Waals surface area contributed by atoms with Gasteiger partial charge in [-0.1, -0.05) is 103 Å². The molecule has 4 saturated heterocycles. The van der Waals surface area contributed by atoms with Gasteiger partial charge in [0, 0.05) is 48.3 Å². The lowest BCUT2D eigenvalue weighted by Crippen LogP contribution is -2.71. The molecule has 4 aliphatic heterocycles. The lowest BCUT2D eigenvalue weighted by molar-refractivity contribution is -0.0317. The summed E-state index contributed by atoms with van der Waals surface area (Å²) in [4.78, 5) is 6.51. The van der Waals surface area contributed by atoms with Crippen molar-refractivity contribution in [2.75, 3.05) is 0 Å². The highest BCUT2D eigenvalue weighted by atomic mass is 15.5. The Hall–Kier alpha value is -0.240. The molecule has 12 unspecified atom stereocenters. The van der Waals surface area contributed by atoms with Crippen LogP contribution in [0.1, 0.15) is 205 Å². The monoisotopic (exact) mass is 771 g/mol. The van der Waals surface area contributed by atoms with Crippen molar-refractivity contribution >= 4 is 0 Å². The average Bonchev–Trinajstić information content (AvgIpc) is 3.80. The topological polar surface area (TPSA) is 54.6 Å². The Morgan fingerprint density at radius 3 is 0.875 bits per heavy atom. The van der Waals surface area contributed by atoms with E-state index in [2.05, 4.69) is 31.1 Å². The Kier molecular flexibility index (Phi) is 11.9. The minimum Gasteiger partial charge on any atom is -0.286 e. The third kappa shape index (κ3) is 7.34. The van der Waals surface area contributed by atoms with Crippen LogP contribution in [0, 0.1) is 47.3 Å². The summed E-state index contributed by atoms with van der Waals surface area (Å²) in [6.07, 6.45) is 48.0. The van der Waals surface area contributed by atoms with Crippen LogP contribution in [0.5, 0.6) is 0 Å². The highest BCUT2D eigenvalue weighted by molar-refractivity contribution is 5.16. The normalized spacial score (nSPS) is 48.2. The third-order valence-corrected chi connectivity index (χ3v) is 20.2. The summed E-state index contributed by atoms with van der Waals surface area (Å²) in [7, 11) is 0. The highest BCUT2D eigenvalue weighted by Gasteiger charge is 2.64. The van der Waals surface area contributed by atoms with E-state index < -0.39 is 0 Å². The van der Waals surface area contributed by atoms with Crippen LogP contribution < -0.4 is 21.3 Å². The van der Waals surface area contributed by atoms with Crippen LogP contribution in [0.4, 0.5) is 0 Å². The minimum absolute atomic E-state index is 0.411. The van der Waals surface area contributed by atoms with E-state index in [0.29, 0.717) is 12.6 Å². The van der Waals surface area contributed by atoms with Crippen molar-refractivity contribution in [3.8, 4) is 0 Å². The summed E-state index contributed by atoms with van der Waals surface area (Å²) in [5.41, 5.74) is 0. The summed E-state index contributed by atoms with van der Waals surface area (Å²) in [6, 6.07) is 6.08. The molecule has 0 aromatic heterocycles. The second kappa shape index (κ2) is 17.3. The fourth-order valence-corrected chi connectivity index (χ4v) is 17.8. The van der Waals surface area contributed by atoms with Crippen molar-refractivity contribution in [3.63, 3.8) is 0 Å². The lowest BCUT2D eigenvalue weighted by Gasteiger charge is -2.52. The summed E-state index contributed by atoms with van der Waals surface area (Å²) in [5, 5.41) is 18.1. The van der Waals surface area contributed by atoms with Crippen LogP contribution in [-0.4, -0.2) is 70.7 Å². The molecule has 0 aromatic rings. The zero-order chi connectivity index (χ0) is 37.0. The fraction of sp³-hybridized carbons (Fsp3) is 1.00. The molecule has 6 heteroatoms. The van der Waals surface area contributed by atoms with Crippen molar-refractivity contribution in [2.45, 2.75) is 266 Å². The SMILES string of the molecule is C1CCC(C2CC(C3CCCCC3)NC(N3C4CCCCC4C4C5C6CCCCC6N(C6NC(C7CCCCC7)CC(C7CCCCC7)N6)C5CCC43)N2)CC1. The standard InChI is InChI=1S/C50H86N6/c1-5-17-33(18-6-1)39-31-40(34-19-7-2-8-20-34)52-49(51-39)55-43-27-15-13-25-37(43)47-45(55)29-30-46-48(47)38-26-14-16-28-44(38)56(46)50-53-41(35-21-9-3-10-22-35)32-42(54-50)36-23-11-4-12-24-36/h33-54H,1-32H2. The number of hydrogen-bond donors (Lipinski definition) is 4. The summed E-state index contributed by atoms with van der Waals surface area (Å²) < 4.78 is 0. The molecule has 7 saturated carbocycles. The minimum atomic E-state index is 0.411. The molecule has 11 fully saturated rings. The molecule has 316 valence electrons. The van der Waals surface area contributed by atoms with E-state index in [0.717, 1.165) is 95.7 Å². The second-order valence-electron chi connectivity index (χ2n) is 22.8. The van der Waals surface area contributed by atoms with Gasteiger partial charge >= 0.3 is 0 Å². The van der Waals surface area contributed by atoms with Crippen LogP contribution in [-0.2, 0) is 0 Å². The Morgan fingerprint density at radius 1 is 0.268 bits per heavy atom. The van der Waals surface area contributed by atoms with Gasteiger partial charge in [0.05, 0.1) is 0 Å². The van der Waals surface area contributed by atoms with E-state index in [4.69, 9.17) is 0 Å². The summed E-state index contributed by atoms with van der Waals surface area (Å²) in [6.45, 7) is 0. The van der Waals surface area contributed by atoms with Gasteiger partial charge in [-0.3, -0.25) is 31.1 Å². The predicted molar refractivity (Wildman–Crippen MR) is 230 cm³/mol. The fourth-order valence-electron chi connectivity index (χ4n) is 17.8. The van der Waals surface area contributed by atoms with Gasteiger partial charge in [0.25, 0.3) is 0 Å². The zero-order valence-corrected chi connectivity index (χ0v) is 35.9. The van der Waals surface area contributed by atoms with Crippen LogP contribution >= 0.6 is 0 Å². The Morgan fingerprint density at radius 2 is 0.554 bits per heavy atom. The Balaban J connectivity index is 0.893. The van der Waals surface area contributed by atoms with Crippen LogP contribution in [0.2, 0.25) is 0 Å². The molecule has 11 rings (SSSR count). The first-order valence-electron chi connectivity index (χ1n) is 26.4. The highest BCUT2D eigenvalue weighted by Crippen LogP contribution is 2.60. The first kappa shape index (κ1) is 38.7. The zero-order valence-electron chi connectivity index (χ0n) is 35.9. The van der Waals surface area contributed by atoms with E-state index in [-0.39, 0.29) is 0 Å². The molecule has 0 amide bonds. The molecule has 56 heavy (non-hydrogen) atoms. The van der Waals surface area contributed by atoms with E-state index in [1.165, 1.54) is 205 Å².